The average Bonchev–Trinajstić information content (AvgIpc) is 2.90. The van der Waals surface area contributed by atoms with Crippen LogP contribution in [0.2, 0.25) is 0 Å². The highest BCUT2D eigenvalue weighted by Gasteiger charge is 2.23. The number of H-pyrrole nitrogens is 1. The number of hydrogen-bond acceptors (Lipinski definition) is 1. The molecule has 0 saturated heterocycles. The van der Waals surface area contributed by atoms with Crippen LogP contribution in [0.4, 0.5) is 0 Å². The van der Waals surface area contributed by atoms with Gasteiger partial charge < -0.3 is 4.98 Å². The number of hydrogen-bond donors (Lipinski definition) is 1. The van der Waals surface area contributed by atoms with Crippen LogP contribution < -0.4 is 5.56 Å². The van der Waals surface area contributed by atoms with E-state index >= 15 is 0 Å². The molecule has 1 aromatic heterocycles. The van der Waals surface area contributed by atoms with E-state index in [1.807, 2.05) is 6.07 Å². The molecule has 0 aromatic carbocycles. The second kappa shape index (κ2) is 3.51. The van der Waals surface area contributed by atoms with Crippen molar-refractivity contribution in [2.75, 3.05) is 0 Å². The molecule has 1 aliphatic rings. The molecule has 82 valence electrons. The minimum absolute atomic E-state index is 0.0251. The van der Waals surface area contributed by atoms with Crippen LogP contribution in [0.3, 0.4) is 0 Å². The maximum Gasteiger partial charge on any atom is 0.251 e. The van der Waals surface area contributed by atoms with E-state index in [0.29, 0.717) is 0 Å². The Hall–Kier alpha value is -1.05. The average molecular weight is 205 g/mol. The van der Waals surface area contributed by atoms with Crippen molar-refractivity contribution in [3.63, 3.8) is 0 Å². The highest BCUT2D eigenvalue weighted by molar-refractivity contribution is 5.20. The summed E-state index contributed by atoms with van der Waals surface area (Å²) in [5.41, 5.74) is 2.10. The van der Waals surface area contributed by atoms with Crippen LogP contribution >= 0.6 is 0 Å². The van der Waals surface area contributed by atoms with E-state index < -0.39 is 0 Å². The maximum atomic E-state index is 11.8. The molecule has 0 radical (unpaired) electrons. The van der Waals surface area contributed by atoms with Crippen LogP contribution in [0.15, 0.2) is 16.9 Å². The Morgan fingerprint density at radius 3 is 2.47 bits per heavy atom. The van der Waals surface area contributed by atoms with Gasteiger partial charge in [-0.15, -0.1) is 0 Å². The van der Waals surface area contributed by atoms with Crippen LogP contribution in [-0.4, -0.2) is 4.98 Å². The Kier molecular flexibility index (Phi) is 2.45. The first-order chi connectivity index (χ1) is 6.97. The van der Waals surface area contributed by atoms with Crippen molar-refractivity contribution in [3.8, 4) is 0 Å². The predicted octanol–water partition coefficient (Wildman–Crippen LogP) is 2.62. The van der Waals surface area contributed by atoms with Gasteiger partial charge in [0.1, 0.15) is 0 Å². The van der Waals surface area contributed by atoms with Crippen molar-refractivity contribution >= 4 is 0 Å². The third-order valence-corrected chi connectivity index (χ3v) is 3.00. The Bertz CT molecular complexity index is 407. The number of aromatic amines is 1. The van der Waals surface area contributed by atoms with Crippen LogP contribution in [0.25, 0.3) is 0 Å². The monoisotopic (exact) mass is 205 g/mol. The van der Waals surface area contributed by atoms with E-state index in [-0.39, 0.29) is 11.0 Å². The molecule has 0 amide bonds. The highest BCUT2D eigenvalue weighted by Crippen LogP contribution is 2.31. The molecule has 2 heteroatoms. The SMILES string of the molecule is CC(C)(C)c1ccc(CC2CC2)c(=O)[nH]1. The molecule has 1 N–H and O–H groups in total. The first-order valence-corrected chi connectivity index (χ1v) is 5.69. The third kappa shape index (κ3) is 2.49. The first-order valence-electron chi connectivity index (χ1n) is 5.69. The van der Waals surface area contributed by atoms with Gasteiger partial charge in [0, 0.05) is 16.7 Å². The summed E-state index contributed by atoms with van der Waals surface area (Å²) in [6, 6.07) is 4.05. The molecule has 1 aromatic rings. The molecule has 0 atom stereocenters. The number of pyridine rings is 1. The molecule has 0 unspecified atom stereocenters. The zero-order valence-electron chi connectivity index (χ0n) is 9.76. The van der Waals surface area contributed by atoms with E-state index in [9.17, 15) is 4.79 Å². The van der Waals surface area contributed by atoms with Gasteiger partial charge in [-0.3, -0.25) is 4.79 Å². The molecule has 2 rings (SSSR count). The summed E-state index contributed by atoms with van der Waals surface area (Å²) < 4.78 is 0. The second-order valence-corrected chi connectivity index (χ2v) is 5.62. The van der Waals surface area contributed by atoms with Gasteiger partial charge in [0.25, 0.3) is 5.56 Å². The van der Waals surface area contributed by atoms with Gasteiger partial charge in [0.15, 0.2) is 0 Å². The normalized spacial score (nSPS) is 16.7. The van der Waals surface area contributed by atoms with Crippen molar-refractivity contribution in [2.45, 2.75) is 45.4 Å². The van der Waals surface area contributed by atoms with Gasteiger partial charge in [-0.05, 0) is 31.2 Å². The minimum Gasteiger partial charge on any atom is -0.325 e. The molecule has 1 saturated carbocycles. The highest BCUT2D eigenvalue weighted by atomic mass is 16.1. The number of rotatable bonds is 2. The Balaban J connectivity index is 2.26. The summed E-state index contributed by atoms with van der Waals surface area (Å²) in [5.74, 6) is 0.770. The summed E-state index contributed by atoms with van der Waals surface area (Å²) in [6.45, 7) is 6.33. The molecule has 1 heterocycles. The van der Waals surface area contributed by atoms with Crippen molar-refractivity contribution in [1.29, 1.82) is 0 Å². The van der Waals surface area contributed by atoms with Crippen molar-refractivity contribution < 1.29 is 0 Å². The standard InChI is InChI=1S/C13H19NO/c1-13(2,3)11-7-6-10(12(15)14-11)8-9-4-5-9/h6-7,9H,4-5,8H2,1-3H3,(H,14,15). The van der Waals surface area contributed by atoms with E-state index in [4.69, 9.17) is 0 Å². The molecule has 0 bridgehead atoms. The molecule has 2 nitrogen and oxygen atoms in total. The van der Waals surface area contributed by atoms with Crippen LogP contribution in [0, 0.1) is 5.92 Å². The van der Waals surface area contributed by atoms with Crippen LogP contribution in [0.5, 0.6) is 0 Å². The van der Waals surface area contributed by atoms with Crippen molar-refractivity contribution in [2.24, 2.45) is 5.92 Å². The fourth-order valence-corrected chi connectivity index (χ4v) is 1.74. The van der Waals surface area contributed by atoms with Gasteiger partial charge in [0.2, 0.25) is 0 Å². The van der Waals surface area contributed by atoms with E-state index in [1.165, 1.54) is 12.8 Å². The quantitative estimate of drug-likeness (QED) is 0.791. The number of nitrogens with one attached hydrogen (secondary N) is 1. The van der Waals surface area contributed by atoms with Gasteiger partial charge in [-0.25, -0.2) is 0 Å². The molecular weight excluding hydrogens is 186 g/mol. The second-order valence-electron chi connectivity index (χ2n) is 5.62. The molecular formula is C13H19NO. The zero-order valence-corrected chi connectivity index (χ0v) is 9.76. The molecule has 0 aliphatic heterocycles. The third-order valence-electron chi connectivity index (χ3n) is 3.00. The Morgan fingerprint density at radius 2 is 2.00 bits per heavy atom. The van der Waals surface area contributed by atoms with E-state index in [2.05, 4.69) is 31.8 Å². The summed E-state index contributed by atoms with van der Waals surface area (Å²) >= 11 is 0. The molecule has 15 heavy (non-hydrogen) atoms. The van der Waals surface area contributed by atoms with Gasteiger partial charge >= 0.3 is 0 Å². The number of aromatic nitrogens is 1. The minimum atomic E-state index is 0.0251. The van der Waals surface area contributed by atoms with E-state index in [1.54, 1.807) is 0 Å². The lowest BCUT2D eigenvalue weighted by Gasteiger charge is -2.18. The van der Waals surface area contributed by atoms with Crippen molar-refractivity contribution in [3.05, 3.63) is 33.7 Å². The molecule has 1 fully saturated rings. The summed E-state index contributed by atoms with van der Waals surface area (Å²) in [6.07, 6.45) is 3.54. The fourth-order valence-electron chi connectivity index (χ4n) is 1.74. The lowest BCUT2D eigenvalue weighted by molar-refractivity contribution is 0.565. The predicted molar refractivity (Wildman–Crippen MR) is 62.2 cm³/mol. The Morgan fingerprint density at radius 1 is 1.33 bits per heavy atom. The van der Waals surface area contributed by atoms with Crippen molar-refractivity contribution in [1.82, 2.24) is 4.98 Å². The maximum absolute atomic E-state index is 11.8. The largest absolute Gasteiger partial charge is 0.325 e. The summed E-state index contributed by atoms with van der Waals surface area (Å²) in [7, 11) is 0. The zero-order chi connectivity index (χ0) is 11.1. The summed E-state index contributed by atoms with van der Waals surface area (Å²) in [4.78, 5) is 14.8. The van der Waals surface area contributed by atoms with Gasteiger partial charge in [-0.2, -0.15) is 0 Å². The van der Waals surface area contributed by atoms with Gasteiger partial charge in [0.05, 0.1) is 0 Å². The summed E-state index contributed by atoms with van der Waals surface area (Å²) in [5, 5.41) is 0. The first kappa shape index (κ1) is 10.5. The lowest BCUT2D eigenvalue weighted by Crippen LogP contribution is -2.21. The lowest BCUT2D eigenvalue weighted by atomic mass is 9.91. The topological polar surface area (TPSA) is 32.9 Å². The Labute approximate surface area is 90.7 Å². The fraction of sp³-hybridized carbons (Fsp3) is 0.615. The molecule has 1 aliphatic carbocycles. The molecule has 0 spiro atoms. The van der Waals surface area contributed by atoms with Gasteiger partial charge in [-0.1, -0.05) is 26.8 Å². The van der Waals surface area contributed by atoms with Crippen LogP contribution in [-0.2, 0) is 11.8 Å². The smallest absolute Gasteiger partial charge is 0.251 e. The van der Waals surface area contributed by atoms with Crippen LogP contribution in [0.1, 0.15) is 44.9 Å². The van der Waals surface area contributed by atoms with E-state index in [0.717, 1.165) is 23.6 Å².